The van der Waals surface area contributed by atoms with Crippen molar-refractivity contribution >= 4 is 6.21 Å². The van der Waals surface area contributed by atoms with Gasteiger partial charge < -0.3 is 17.3 Å². The van der Waals surface area contributed by atoms with E-state index in [4.69, 9.17) is 0 Å². The van der Waals surface area contributed by atoms with Crippen LogP contribution in [0.3, 0.4) is 0 Å². The van der Waals surface area contributed by atoms with Crippen LogP contribution in [0.2, 0.25) is 0 Å². The molecule has 0 saturated carbocycles. The zero-order valence-electron chi connectivity index (χ0n) is 7.00. The Labute approximate surface area is 69.3 Å². The van der Waals surface area contributed by atoms with E-state index in [1.807, 2.05) is 56.2 Å². The first-order valence-corrected chi connectivity index (χ1v) is 2.97. The predicted octanol–water partition coefficient (Wildman–Crippen LogP) is -2.59. The quantitative estimate of drug-likeness (QED) is 0.319. The SMILES string of the molecule is CN(C)/C=C/C=[N+](C)C.[Cl-]. The van der Waals surface area contributed by atoms with E-state index in [9.17, 15) is 0 Å². The molecule has 0 aromatic heterocycles. The van der Waals surface area contributed by atoms with Crippen molar-refractivity contribution in [3.05, 3.63) is 12.3 Å². The number of halogens is 1. The highest BCUT2D eigenvalue weighted by atomic mass is 35.5. The van der Waals surface area contributed by atoms with E-state index in [2.05, 4.69) is 0 Å². The first-order valence-electron chi connectivity index (χ1n) is 2.97. The maximum Gasteiger partial charge on any atom is 0.164 e. The molecule has 10 heavy (non-hydrogen) atoms. The fraction of sp³-hybridized carbons (Fsp3) is 0.571. The Bertz CT molecular complexity index is 124. The van der Waals surface area contributed by atoms with E-state index in [1.165, 1.54) is 0 Å². The van der Waals surface area contributed by atoms with Crippen molar-refractivity contribution in [3.63, 3.8) is 0 Å². The van der Waals surface area contributed by atoms with Gasteiger partial charge in [-0.3, -0.25) is 0 Å². The number of allylic oxidation sites excluding steroid dienone is 1. The second kappa shape index (κ2) is 6.62. The molecule has 0 atom stereocenters. The summed E-state index contributed by atoms with van der Waals surface area (Å²) in [6.07, 6.45) is 6.00. The summed E-state index contributed by atoms with van der Waals surface area (Å²) in [4.78, 5) is 2.00. The minimum Gasteiger partial charge on any atom is -1.00 e. The molecule has 2 nitrogen and oxygen atoms in total. The Morgan fingerprint density at radius 3 is 2.00 bits per heavy atom. The third-order valence-corrected chi connectivity index (χ3v) is 0.768. The van der Waals surface area contributed by atoms with Gasteiger partial charge in [-0.1, -0.05) is 0 Å². The van der Waals surface area contributed by atoms with Crippen LogP contribution in [0.1, 0.15) is 0 Å². The van der Waals surface area contributed by atoms with Crippen molar-refractivity contribution in [1.29, 1.82) is 0 Å². The molecule has 0 aromatic carbocycles. The highest BCUT2D eigenvalue weighted by Crippen LogP contribution is 1.72. The summed E-state index contributed by atoms with van der Waals surface area (Å²) in [7, 11) is 8.00. The molecule has 0 heterocycles. The minimum absolute atomic E-state index is 0. The van der Waals surface area contributed by atoms with Gasteiger partial charge in [0.1, 0.15) is 14.1 Å². The molecule has 0 spiro atoms. The van der Waals surface area contributed by atoms with E-state index in [-0.39, 0.29) is 12.4 Å². The molecular formula is C7H15ClN2. The molecule has 0 aliphatic carbocycles. The van der Waals surface area contributed by atoms with E-state index >= 15 is 0 Å². The lowest BCUT2D eigenvalue weighted by atomic mass is 10.6. The van der Waals surface area contributed by atoms with Crippen LogP contribution in [0.5, 0.6) is 0 Å². The molecule has 60 valence electrons. The van der Waals surface area contributed by atoms with E-state index in [0.29, 0.717) is 0 Å². The normalized spacial score (nSPS) is 8.80. The van der Waals surface area contributed by atoms with Gasteiger partial charge in [0.05, 0.1) is 0 Å². The van der Waals surface area contributed by atoms with Crippen LogP contribution in [0.4, 0.5) is 0 Å². The van der Waals surface area contributed by atoms with Crippen molar-refractivity contribution in [2.45, 2.75) is 0 Å². The zero-order valence-corrected chi connectivity index (χ0v) is 7.76. The molecule has 0 fully saturated rings. The Morgan fingerprint density at radius 2 is 1.70 bits per heavy atom. The van der Waals surface area contributed by atoms with Gasteiger partial charge in [-0.25, -0.2) is 4.58 Å². The Kier molecular flexibility index (Phi) is 8.07. The average Bonchev–Trinajstić information content (AvgIpc) is 1.63. The van der Waals surface area contributed by atoms with Gasteiger partial charge in [-0.15, -0.1) is 0 Å². The predicted molar refractivity (Wildman–Crippen MR) is 41.0 cm³/mol. The van der Waals surface area contributed by atoms with Crippen LogP contribution >= 0.6 is 0 Å². The molecule has 0 N–H and O–H groups in total. The third kappa shape index (κ3) is 10.5. The van der Waals surface area contributed by atoms with E-state index in [1.54, 1.807) is 0 Å². The lowest BCUT2D eigenvalue weighted by Crippen LogP contribution is -3.00. The van der Waals surface area contributed by atoms with Crippen LogP contribution in [-0.4, -0.2) is 43.9 Å². The maximum absolute atomic E-state index is 2.00. The molecule has 0 rings (SSSR count). The fourth-order valence-electron chi connectivity index (χ4n) is 0.383. The second-order valence-electron chi connectivity index (χ2n) is 2.42. The van der Waals surface area contributed by atoms with Crippen LogP contribution < -0.4 is 12.4 Å². The summed E-state index contributed by atoms with van der Waals surface area (Å²) in [5.41, 5.74) is 0. The summed E-state index contributed by atoms with van der Waals surface area (Å²) in [5, 5.41) is 0. The summed E-state index contributed by atoms with van der Waals surface area (Å²) in [5.74, 6) is 0. The molecule has 0 aromatic rings. The van der Waals surface area contributed by atoms with Gasteiger partial charge >= 0.3 is 0 Å². The molecule has 0 unspecified atom stereocenters. The van der Waals surface area contributed by atoms with E-state index in [0.717, 1.165) is 0 Å². The molecule has 0 bridgehead atoms. The van der Waals surface area contributed by atoms with Gasteiger partial charge in [0.2, 0.25) is 0 Å². The molecular weight excluding hydrogens is 148 g/mol. The van der Waals surface area contributed by atoms with Gasteiger partial charge in [0.15, 0.2) is 6.21 Å². The number of hydrogen-bond donors (Lipinski definition) is 0. The van der Waals surface area contributed by atoms with Gasteiger partial charge in [-0.05, 0) is 0 Å². The Balaban J connectivity index is 0. The maximum atomic E-state index is 2.00. The van der Waals surface area contributed by atoms with Gasteiger partial charge in [-0.2, -0.15) is 0 Å². The molecule has 3 heteroatoms. The van der Waals surface area contributed by atoms with Gasteiger partial charge in [0, 0.05) is 26.4 Å². The van der Waals surface area contributed by atoms with E-state index < -0.39 is 0 Å². The summed E-state index contributed by atoms with van der Waals surface area (Å²) in [6.45, 7) is 0. The second-order valence-corrected chi connectivity index (χ2v) is 2.42. The van der Waals surface area contributed by atoms with Crippen LogP contribution in [0, 0.1) is 0 Å². The minimum atomic E-state index is 0. The molecule has 0 amide bonds. The Hall–Kier alpha value is -0.500. The summed E-state index contributed by atoms with van der Waals surface area (Å²) >= 11 is 0. The van der Waals surface area contributed by atoms with Crippen molar-refractivity contribution in [2.75, 3.05) is 28.2 Å². The topological polar surface area (TPSA) is 6.25 Å². The van der Waals surface area contributed by atoms with Crippen molar-refractivity contribution < 1.29 is 17.0 Å². The summed E-state index contributed by atoms with van der Waals surface area (Å²) in [6, 6.07) is 0. The Morgan fingerprint density at radius 1 is 1.20 bits per heavy atom. The molecule has 0 aliphatic rings. The van der Waals surface area contributed by atoms with Crippen LogP contribution in [0.25, 0.3) is 0 Å². The monoisotopic (exact) mass is 162 g/mol. The lowest BCUT2D eigenvalue weighted by Gasteiger charge is -1.99. The third-order valence-electron chi connectivity index (χ3n) is 0.768. The van der Waals surface area contributed by atoms with Crippen molar-refractivity contribution in [1.82, 2.24) is 4.90 Å². The standard InChI is InChI=1S/C7H15N2.ClH/c1-8(2)6-5-7-9(3)4;/h5-7H,1-4H3;1H/q+1;/p-1. The first-order chi connectivity index (χ1) is 4.13. The largest absolute Gasteiger partial charge is 1.00 e. The van der Waals surface area contributed by atoms with Crippen LogP contribution in [-0.2, 0) is 0 Å². The smallest absolute Gasteiger partial charge is 0.164 e. The number of hydrogen-bond acceptors (Lipinski definition) is 1. The molecule has 0 radical (unpaired) electrons. The fourth-order valence-corrected chi connectivity index (χ4v) is 0.383. The first kappa shape index (κ1) is 12.2. The van der Waals surface area contributed by atoms with Crippen molar-refractivity contribution in [2.24, 2.45) is 0 Å². The molecule has 0 aliphatic heterocycles. The molecule has 0 saturated heterocycles. The van der Waals surface area contributed by atoms with Crippen LogP contribution in [0.15, 0.2) is 12.3 Å². The number of nitrogens with zero attached hydrogens (tertiary/aromatic N) is 2. The highest BCUT2D eigenvalue weighted by Gasteiger charge is 1.76. The van der Waals surface area contributed by atoms with Crippen molar-refractivity contribution in [3.8, 4) is 0 Å². The zero-order chi connectivity index (χ0) is 7.28. The number of rotatable bonds is 2. The summed E-state index contributed by atoms with van der Waals surface area (Å²) < 4.78 is 2.00. The average molecular weight is 163 g/mol. The van der Waals surface area contributed by atoms with Gasteiger partial charge in [0.25, 0.3) is 0 Å². The highest BCUT2D eigenvalue weighted by molar-refractivity contribution is 5.65. The lowest BCUT2D eigenvalue weighted by molar-refractivity contribution is -0.458.